The highest BCUT2D eigenvalue weighted by molar-refractivity contribution is 7.16. The van der Waals surface area contributed by atoms with Crippen LogP contribution >= 0.6 is 11.3 Å². The number of fused-ring (bicyclic) bond motifs is 1. The van der Waals surface area contributed by atoms with Gasteiger partial charge in [-0.05, 0) is 36.3 Å². The third-order valence-electron chi connectivity index (χ3n) is 4.05. The summed E-state index contributed by atoms with van der Waals surface area (Å²) in [4.78, 5) is 26.9. The van der Waals surface area contributed by atoms with Gasteiger partial charge in [0.1, 0.15) is 11.1 Å². The first kappa shape index (κ1) is 16.7. The van der Waals surface area contributed by atoms with Gasteiger partial charge in [0.15, 0.2) is 0 Å². The van der Waals surface area contributed by atoms with Crippen molar-refractivity contribution in [3.05, 3.63) is 58.5 Å². The molecule has 2 aromatic rings. The number of nitrogens with two attached hydrogens (primary N) is 1. The van der Waals surface area contributed by atoms with E-state index >= 15 is 0 Å². The number of nitrogens with one attached hydrogen (secondary N) is 1. The maximum absolute atomic E-state index is 12.8. The number of nitrogens with zero attached hydrogens (tertiary/aromatic N) is 2. The Hall–Kier alpha value is -3.11. The van der Waals surface area contributed by atoms with Crippen molar-refractivity contribution in [2.45, 2.75) is 13.0 Å². The quantitative estimate of drug-likeness (QED) is 0.829. The lowest BCUT2D eigenvalue weighted by molar-refractivity contribution is -0.111. The average Bonchev–Trinajstić information content (AvgIpc) is 2.95. The van der Waals surface area contributed by atoms with Gasteiger partial charge in [-0.15, -0.1) is 11.3 Å². The third-order valence-corrected chi connectivity index (χ3v) is 5.09. The van der Waals surface area contributed by atoms with Crippen LogP contribution in [0.5, 0.6) is 0 Å². The summed E-state index contributed by atoms with van der Waals surface area (Å²) in [5, 5.41) is 12.3. The third kappa shape index (κ3) is 3.25. The summed E-state index contributed by atoms with van der Waals surface area (Å²) < 4.78 is 0. The number of benzene rings is 1. The van der Waals surface area contributed by atoms with Crippen LogP contribution in [0.25, 0.3) is 0 Å². The monoisotopic (exact) mass is 352 g/mol. The van der Waals surface area contributed by atoms with Gasteiger partial charge in [-0.25, -0.2) is 0 Å². The Morgan fingerprint density at radius 2 is 2.24 bits per heavy atom. The number of hydrogen-bond acceptors (Lipinski definition) is 5. The molecule has 3 rings (SSSR count). The van der Waals surface area contributed by atoms with Crippen LogP contribution < -0.4 is 11.1 Å². The van der Waals surface area contributed by atoms with Crippen molar-refractivity contribution in [1.82, 2.24) is 4.90 Å². The molecule has 2 amide bonds. The lowest BCUT2D eigenvalue weighted by Crippen LogP contribution is -2.35. The largest absolute Gasteiger partial charge is 0.389 e. The Bertz CT molecular complexity index is 910. The standard InChI is InChI=1S/C18H16N4O2S/c1-2-16(23)21-12-5-3-4-11(8-12)18(24)22-7-6-13-14(9-19)17(20)25-15(13)10-22/h2-5,8H,1,6-7,10,20H2,(H,21,23). The summed E-state index contributed by atoms with van der Waals surface area (Å²) >= 11 is 1.37. The minimum Gasteiger partial charge on any atom is -0.389 e. The zero-order valence-electron chi connectivity index (χ0n) is 13.4. The van der Waals surface area contributed by atoms with Crippen molar-refractivity contribution in [2.75, 3.05) is 17.6 Å². The van der Waals surface area contributed by atoms with Gasteiger partial charge in [-0.2, -0.15) is 5.26 Å². The lowest BCUT2D eigenvalue weighted by atomic mass is 10.0. The van der Waals surface area contributed by atoms with Gasteiger partial charge in [-0.3, -0.25) is 9.59 Å². The molecule has 126 valence electrons. The Morgan fingerprint density at radius 3 is 2.96 bits per heavy atom. The van der Waals surface area contributed by atoms with Crippen LogP contribution in [-0.4, -0.2) is 23.3 Å². The van der Waals surface area contributed by atoms with E-state index in [1.165, 1.54) is 17.4 Å². The first-order valence-electron chi connectivity index (χ1n) is 7.66. The molecule has 0 atom stereocenters. The van der Waals surface area contributed by atoms with Crippen molar-refractivity contribution in [1.29, 1.82) is 5.26 Å². The minimum absolute atomic E-state index is 0.120. The normalized spacial score (nSPS) is 12.8. The number of hydrogen-bond donors (Lipinski definition) is 2. The van der Waals surface area contributed by atoms with E-state index < -0.39 is 0 Å². The van der Waals surface area contributed by atoms with Gasteiger partial charge in [0.25, 0.3) is 5.91 Å². The van der Waals surface area contributed by atoms with Crippen LogP contribution in [0.1, 0.15) is 26.4 Å². The van der Waals surface area contributed by atoms with Crippen LogP contribution in [0.2, 0.25) is 0 Å². The van der Waals surface area contributed by atoms with E-state index in [2.05, 4.69) is 18.0 Å². The number of nitriles is 1. The fourth-order valence-electron chi connectivity index (χ4n) is 2.83. The second-order valence-electron chi connectivity index (χ2n) is 5.61. The summed E-state index contributed by atoms with van der Waals surface area (Å²) in [5.41, 5.74) is 8.43. The smallest absolute Gasteiger partial charge is 0.254 e. The second-order valence-corrected chi connectivity index (χ2v) is 6.74. The van der Waals surface area contributed by atoms with Crippen molar-refractivity contribution in [3.63, 3.8) is 0 Å². The van der Waals surface area contributed by atoms with E-state index in [1.807, 2.05) is 0 Å². The van der Waals surface area contributed by atoms with Crippen molar-refractivity contribution in [2.24, 2.45) is 0 Å². The minimum atomic E-state index is -0.328. The highest BCUT2D eigenvalue weighted by atomic mass is 32.1. The predicted octanol–water partition coefficient (Wildman–Crippen LogP) is 2.52. The predicted molar refractivity (Wildman–Crippen MR) is 97.2 cm³/mol. The zero-order valence-corrected chi connectivity index (χ0v) is 14.2. The second kappa shape index (κ2) is 6.79. The highest BCUT2D eigenvalue weighted by Crippen LogP contribution is 2.34. The molecular formula is C18H16N4O2S. The molecule has 25 heavy (non-hydrogen) atoms. The van der Waals surface area contributed by atoms with Gasteiger partial charge < -0.3 is 16.0 Å². The van der Waals surface area contributed by atoms with Gasteiger partial charge in [0.2, 0.25) is 5.91 Å². The van der Waals surface area contributed by atoms with Crippen LogP contribution in [0, 0.1) is 11.3 Å². The summed E-state index contributed by atoms with van der Waals surface area (Å²) in [6.07, 6.45) is 1.79. The number of amides is 2. The van der Waals surface area contributed by atoms with Gasteiger partial charge in [-0.1, -0.05) is 12.6 Å². The van der Waals surface area contributed by atoms with E-state index in [9.17, 15) is 14.9 Å². The molecule has 0 bridgehead atoms. The van der Waals surface area contributed by atoms with E-state index in [0.29, 0.717) is 41.3 Å². The molecule has 0 fully saturated rings. The topological polar surface area (TPSA) is 99.2 Å². The van der Waals surface area contributed by atoms with Crippen LogP contribution in [0.4, 0.5) is 10.7 Å². The molecule has 7 heteroatoms. The Morgan fingerprint density at radius 1 is 1.44 bits per heavy atom. The maximum atomic E-state index is 12.8. The maximum Gasteiger partial charge on any atom is 0.254 e. The number of thiophene rings is 1. The summed E-state index contributed by atoms with van der Waals surface area (Å²) in [6.45, 7) is 4.37. The molecule has 1 aromatic carbocycles. The van der Waals surface area contributed by atoms with Crippen LogP contribution in [0.3, 0.4) is 0 Å². The molecule has 0 spiro atoms. The molecule has 2 heterocycles. The summed E-state index contributed by atoms with van der Waals surface area (Å²) in [5.74, 6) is -0.448. The number of carbonyl (C=O) groups excluding carboxylic acids is 2. The average molecular weight is 352 g/mol. The SMILES string of the molecule is C=CC(=O)Nc1cccc(C(=O)N2CCc3c(sc(N)c3C#N)C2)c1. The fraction of sp³-hybridized carbons (Fsp3) is 0.167. The van der Waals surface area contributed by atoms with Crippen molar-refractivity contribution >= 4 is 33.8 Å². The Kier molecular flexibility index (Phi) is 4.55. The van der Waals surface area contributed by atoms with Gasteiger partial charge >= 0.3 is 0 Å². The Balaban J connectivity index is 1.80. The summed E-state index contributed by atoms with van der Waals surface area (Å²) in [7, 11) is 0. The highest BCUT2D eigenvalue weighted by Gasteiger charge is 2.26. The first-order chi connectivity index (χ1) is 12.0. The van der Waals surface area contributed by atoms with Crippen molar-refractivity contribution < 1.29 is 9.59 Å². The van der Waals surface area contributed by atoms with Crippen LogP contribution in [-0.2, 0) is 17.8 Å². The van der Waals surface area contributed by atoms with E-state index in [-0.39, 0.29) is 11.8 Å². The summed E-state index contributed by atoms with van der Waals surface area (Å²) in [6, 6.07) is 8.93. The fourth-order valence-corrected chi connectivity index (χ4v) is 3.91. The lowest BCUT2D eigenvalue weighted by Gasteiger charge is -2.27. The van der Waals surface area contributed by atoms with Crippen molar-refractivity contribution in [3.8, 4) is 6.07 Å². The molecule has 0 saturated heterocycles. The molecular weight excluding hydrogens is 336 g/mol. The Labute approximate surface area is 149 Å². The molecule has 0 radical (unpaired) electrons. The van der Waals surface area contributed by atoms with Gasteiger partial charge in [0.05, 0.1) is 12.1 Å². The first-order valence-corrected chi connectivity index (χ1v) is 8.48. The molecule has 0 unspecified atom stereocenters. The van der Waals surface area contributed by atoms with Crippen LogP contribution in [0.15, 0.2) is 36.9 Å². The molecule has 1 aromatic heterocycles. The number of nitrogen functional groups attached to an aromatic ring is 1. The number of anilines is 2. The van der Waals surface area contributed by atoms with Gasteiger partial charge in [0, 0.05) is 22.7 Å². The van der Waals surface area contributed by atoms with E-state index in [4.69, 9.17) is 5.73 Å². The number of rotatable bonds is 3. The number of carbonyl (C=O) groups is 2. The molecule has 6 nitrogen and oxygen atoms in total. The van der Waals surface area contributed by atoms with E-state index in [1.54, 1.807) is 29.2 Å². The molecule has 1 aliphatic heterocycles. The molecule has 3 N–H and O–H groups in total. The zero-order chi connectivity index (χ0) is 18.0. The molecule has 0 saturated carbocycles. The molecule has 1 aliphatic rings. The molecule has 0 aliphatic carbocycles. The van der Waals surface area contributed by atoms with E-state index in [0.717, 1.165) is 10.4 Å².